The van der Waals surface area contributed by atoms with E-state index in [2.05, 4.69) is 131 Å². The third kappa shape index (κ3) is 4.24. The quantitative estimate of drug-likeness (QED) is 0.222. The number of hydrogen-bond donors (Lipinski definition) is 0. The van der Waals surface area contributed by atoms with Gasteiger partial charge in [-0.25, -0.2) is 15.0 Å². The molecule has 1 heterocycles. The summed E-state index contributed by atoms with van der Waals surface area (Å²) >= 11 is 0. The van der Waals surface area contributed by atoms with Crippen molar-refractivity contribution in [2.24, 2.45) is 0 Å². The predicted molar refractivity (Wildman–Crippen MR) is 173 cm³/mol. The molecule has 7 rings (SSSR count). The highest BCUT2D eigenvalue weighted by molar-refractivity contribution is 5.81. The molecular weight excluding hydrogens is 510 g/mol. The van der Waals surface area contributed by atoms with Crippen LogP contribution in [0.25, 0.3) is 56.4 Å². The largest absolute Gasteiger partial charge is 0.208 e. The van der Waals surface area contributed by atoms with Gasteiger partial charge in [-0.2, -0.15) is 0 Å². The average Bonchev–Trinajstić information content (AvgIpc) is 3.04. The van der Waals surface area contributed by atoms with E-state index in [1.54, 1.807) is 0 Å². The van der Waals surface area contributed by atoms with Crippen molar-refractivity contribution in [3.63, 3.8) is 0 Å². The van der Waals surface area contributed by atoms with Crippen LogP contribution in [0.1, 0.15) is 38.8 Å². The predicted octanol–water partition coefficient (Wildman–Crippen LogP) is 9.78. The Balaban J connectivity index is 1.38. The summed E-state index contributed by atoms with van der Waals surface area (Å²) in [7, 11) is 0. The normalized spacial score (nSPS) is 14.6. The van der Waals surface area contributed by atoms with Crippen LogP contribution in [-0.2, 0) is 10.8 Å². The van der Waals surface area contributed by atoms with E-state index >= 15 is 0 Å². The van der Waals surface area contributed by atoms with Crippen molar-refractivity contribution >= 4 is 0 Å². The van der Waals surface area contributed by atoms with Crippen molar-refractivity contribution in [1.29, 1.82) is 0 Å². The van der Waals surface area contributed by atoms with Crippen molar-refractivity contribution in [2.45, 2.75) is 38.5 Å². The van der Waals surface area contributed by atoms with E-state index in [-0.39, 0.29) is 10.8 Å². The van der Waals surface area contributed by atoms with Gasteiger partial charge in [0.25, 0.3) is 0 Å². The number of rotatable bonds is 4. The van der Waals surface area contributed by atoms with Gasteiger partial charge in [-0.05, 0) is 50.3 Å². The molecule has 3 heteroatoms. The molecule has 42 heavy (non-hydrogen) atoms. The monoisotopic (exact) mass is 543 g/mol. The summed E-state index contributed by atoms with van der Waals surface area (Å²) in [5.41, 5.74) is 10.5. The Bertz CT molecular complexity index is 1900. The van der Waals surface area contributed by atoms with Gasteiger partial charge >= 0.3 is 0 Å². The molecule has 0 N–H and O–H groups in total. The molecule has 0 bridgehead atoms. The molecule has 3 nitrogen and oxygen atoms in total. The molecule has 204 valence electrons. The lowest BCUT2D eigenvalue weighted by molar-refractivity contribution is 0.299. The van der Waals surface area contributed by atoms with Gasteiger partial charge in [-0.15, -0.1) is 0 Å². The van der Waals surface area contributed by atoms with Crippen LogP contribution in [0.2, 0.25) is 0 Å². The molecule has 0 unspecified atom stereocenters. The molecule has 0 radical (unpaired) electrons. The first-order valence-corrected chi connectivity index (χ1v) is 14.5. The first-order chi connectivity index (χ1) is 20.3. The molecule has 0 saturated heterocycles. The maximum Gasteiger partial charge on any atom is 0.164 e. The summed E-state index contributed by atoms with van der Waals surface area (Å²) in [6, 6.07) is 44.6. The Morgan fingerprint density at radius 3 is 1.38 bits per heavy atom. The lowest BCUT2D eigenvalue weighted by Crippen LogP contribution is -2.43. The summed E-state index contributed by atoms with van der Waals surface area (Å²) in [6.07, 6.45) is 0. The van der Waals surface area contributed by atoms with E-state index < -0.39 is 0 Å². The topological polar surface area (TPSA) is 38.7 Å². The zero-order valence-corrected chi connectivity index (χ0v) is 24.5. The van der Waals surface area contributed by atoms with Crippen LogP contribution >= 0.6 is 0 Å². The molecule has 6 aromatic rings. The Morgan fingerprint density at radius 2 is 0.762 bits per heavy atom. The smallest absolute Gasteiger partial charge is 0.164 e. The van der Waals surface area contributed by atoms with Gasteiger partial charge in [0, 0.05) is 16.7 Å². The van der Waals surface area contributed by atoms with Crippen molar-refractivity contribution in [3.05, 3.63) is 139 Å². The van der Waals surface area contributed by atoms with Crippen LogP contribution < -0.4 is 0 Å². The number of fused-ring (bicyclic) bond motifs is 3. The maximum atomic E-state index is 5.05. The standard InChI is InChI=1S/C39H33N3/c1-38(2)33-18-12-11-17-31(33)32-25-30(23-24-34(32)39(38,3)4)37-41-35(28-15-9-6-10-16-28)40-36(42-37)29-21-19-27(20-22-29)26-13-7-5-8-14-26/h5-25H,1-4H3. The fraction of sp³-hybridized carbons (Fsp3) is 0.154. The molecule has 1 aliphatic carbocycles. The third-order valence-electron chi connectivity index (χ3n) is 9.32. The van der Waals surface area contributed by atoms with E-state index in [9.17, 15) is 0 Å². The minimum Gasteiger partial charge on any atom is -0.208 e. The van der Waals surface area contributed by atoms with Gasteiger partial charge in [0.15, 0.2) is 17.5 Å². The Hall–Kier alpha value is -4.89. The third-order valence-corrected chi connectivity index (χ3v) is 9.32. The molecule has 1 aliphatic rings. The summed E-state index contributed by atoms with van der Waals surface area (Å²) in [6.45, 7) is 9.43. The van der Waals surface area contributed by atoms with Crippen molar-refractivity contribution in [3.8, 4) is 56.4 Å². The van der Waals surface area contributed by atoms with Gasteiger partial charge in [-0.3, -0.25) is 0 Å². The molecule has 1 aromatic heterocycles. The van der Waals surface area contributed by atoms with Crippen molar-refractivity contribution in [1.82, 2.24) is 15.0 Å². The van der Waals surface area contributed by atoms with Crippen LogP contribution in [0.15, 0.2) is 127 Å². The average molecular weight is 544 g/mol. The van der Waals surface area contributed by atoms with E-state index in [0.717, 1.165) is 22.3 Å². The van der Waals surface area contributed by atoms with Crippen LogP contribution in [-0.4, -0.2) is 15.0 Å². The number of hydrogen-bond acceptors (Lipinski definition) is 3. The molecule has 0 aliphatic heterocycles. The van der Waals surface area contributed by atoms with E-state index in [1.165, 1.54) is 27.8 Å². The van der Waals surface area contributed by atoms with Crippen LogP contribution in [0.4, 0.5) is 0 Å². The van der Waals surface area contributed by atoms with Gasteiger partial charge in [0.05, 0.1) is 0 Å². The Morgan fingerprint density at radius 1 is 0.357 bits per heavy atom. The zero-order chi connectivity index (χ0) is 28.9. The molecule has 0 atom stereocenters. The molecule has 0 saturated carbocycles. The zero-order valence-electron chi connectivity index (χ0n) is 24.5. The second-order valence-corrected chi connectivity index (χ2v) is 12.2. The fourth-order valence-electron chi connectivity index (χ4n) is 6.18. The van der Waals surface area contributed by atoms with E-state index in [0.29, 0.717) is 17.5 Å². The van der Waals surface area contributed by atoms with Crippen LogP contribution in [0.3, 0.4) is 0 Å². The highest BCUT2D eigenvalue weighted by Crippen LogP contribution is 2.54. The highest BCUT2D eigenvalue weighted by Gasteiger charge is 2.45. The fourth-order valence-corrected chi connectivity index (χ4v) is 6.18. The van der Waals surface area contributed by atoms with Gasteiger partial charge in [0.1, 0.15) is 0 Å². The van der Waals surface area contributed by atoms with Crippen LogP contribution in [0, 0.1) is 0 Å². The Kier molecular flexibility index (Phi) is 6.13. The van der Waals surface area contributed by atoms with Crippen molar-refractivity contribution < 1.29 is 0 Å². The highest BCUT2D eigenvalue weighted by atomic mass is 15.0. The van der Waals surface area contributed by atoms with Crippen LogP contribution in [0.5, 0.6) is 0 Å². The number of aromatic nitrogens is 3. The first-order valence-electron chi connectivity index (χ1n) is 14.5. The second kappa shape index (κ2) is 9.88. The van der Waals surface area contributed by atoms with E-state index in [1.807, 2.05) is 24.3 Å². The lowest BCUT2D eigenvalue weighted by Gasteiger charge is -2.48. The molecule has 0 amide bonds. The van der Waals surface area contributed by atoms with Crippen molar-refractivity contribution in [2.75, 3.05) is 0 Å². The first kappa shape index (κ1) is 26.0. The minimum atomic E-state index is -0.0465. The summed E-state index contributed by atoms with van der Waals surface area (Å²) in [4.78, 5) is 15.0. The minimum absolute atomic E-state index is 0.00909. The van der Waals surface area contributed by atoms with Gasteiger partial charge in [-0.1, -0.05) is 149 Å². The summed E-state index contributed by atoms with van der Waals surface area (Å²) in [5.74, 6) is 2.01. The van der Waals surface area contributed by atoms with E-state index in [4.69, 9.17) is 15.0 Å². The lowest BCUT2D eigenvalue weighted by atomic mass is 9.55. The Labute approximate surface area is 248 Å². The molecular formula is C39H33N3. The number of benzene rings is 5. The summed E-state index contributed by atoms with van der Waals surface area (Å²) < 4.78 is 0. The molecule has 0 fully saturated rings. The molecule has 0 spiro atoms. The summed E-state index contributed by atoms with van der Waals surface area (Å²) in [5, 5.41) is 0. The van der Waals surface area contributed by atoms with Gasteiger partial charge < -0.3 is 0 Å². The number of nitrogens with zero attached hydrogens (tertiary/aromatic N) is 3. The van der Waals surface area contributed by atoms with Gasteiger partial charge in [0.2, 0.25) is 0 Å². The maximum absolute atomic E-state index is 5.05. The molecule has 5 aromatic carbocycles. The SMILES string of the molecule is CC1(C)c2ccccc2-c2cc(-c3nc(-c4ccccc4)nc(-c4ccc(-c5ccccc5)cc4)n3)ccc2C1(C)C. The second-order valence-electron chi connectivity index (χ2n) is 12.2.